The van der Waals surface area contributed by atoms with Gasteiger partial charge in [0.05, 0.1) is 6.04 Å². The number of amides is 1. The van der Waals surface area contributed by atoms with E-state index in [-0.39, 0.29) is 6.04 Å². The van der Waals surface area contributed by atoms with Crippen molar-refractivity contribution in [3.63, 3.8) is 0 Å². The highest BCUT2D eigenvalue weighted by Gasteiger charge is 2.41. The summed E-state index contributed by atoms with van der Waals surface area (Å²) < 4.78 is 5.09. The molecule has 5 nitrogen and oxygen atoms in total. The fraction of sp³-hybridized carbons (Fsp3) is 0.900. The molecule has 0 bridgehead atoms. The first-order chi connectivity index (χ1) is 6.73. The van der Waals surface area contributed by atoms with Gasteiger partial charge in [0.2, 0.25) is 0 Å². The van der Waals surface area contributed by atoms with E-state index in [1.54, 1.807) is 27.7 Å². The van der Waals surface area contributed by atoms with Gasteiger partial charge in [-0.05, 0) is 27.7 Å². The molecule has 1 fully saturated rings. The van der Waals surface area contributed by atoms with E-state index >= 15 is 0 Å². The Hall–Kier alpha value is -0.810. The maximum Gasteiger partial charge on any atom is 0.407 e. The molecule has 0 saturated carbocycles. The third kappa shape index (κ3) is 3.35. The minimum absolute atomic E-state index is 0.311. The van der Waals surface area contributed by atoms with Crippen molar-refractivity contribution >= 4 is 6.09 Å². The van der Waals surface area contributed by atoms with Gasteiger partial charge >= 0.3 is 6.09 Å². The Bertz CT molecular complexity index is 244. The first-order valence-corrected chi connectivity index (χ1v) is 5.15. The lowest BCUT2D eigenvalue weighted by Crippen LogP contribution is -2.69. The van der Waals surface area contributed by atoms with Gasteiger partial charge in [0, 0.05) is 13.1 Å². The number of hydrogen-bond donors (Lipinski definition) is 3. The molecule has 3 N–H and O–H groups in total. The predicted octanol–water partition coefficient (Wildman–Crippen LogP) is 0.234. The fourth-order valence-corrected chi connectivity index (χ4v) is 1.31. The van der Waals surface area contributed by atoms with Crippen LogP contribution in [0.4, 0.5) is 4.79 Å². The van der Waals surface area contributed by atoms with Crippen molar-refractivity contribution in [2.75, 3.05) is 13.1 Å². The zero-order valence-corrected chi connectivity index (χ0v) is 9.76. The largest absolute Gasteiger partial charge is 0.444 e. The average molecular weight is 216 g/mol. The Balaban J connectivity index is 2.38. The molecule has 0 aromatic rings. The van der Waals surface area contributed by atoms with Crippen molar-refractivity contribution in [3.05, 3.63) is 0 Å². The Kier molecular flexibility index (Phi) is 3.25. The summed E-state index contributed by atoms with van der Waals surface area (Å²) in [5, 5.41) is 15.5. The van der Waals surface area contributed by atoms with Gasteiger partial charge in [-0.15, -0.1) is 0 Å². The highest BCUT2D eigenvalue weighted by molar-refractivity contribution is 5.68. The maximum absolute atomic E-state index is 11.4. The number of hydrogen-bond acceptors (Lipinski definition) is 4. The van der Waals surface area contributed by atoms with Crippen molar-refractivity contribution in [1.29, 1.82) is 0 Å². The van der Waals surface area contributed by atoms with E-state index in [0.717, 1.165) is 0 Å². The first kappa shape index (κ1) is 12.3. The zero-order valence-electron chi connectivity index (χ0n) is 9.76. The molecule has 0 aliphatic carbocycles. The minimum Gasteiger partial charge on any atom is -0.444 e. The number of alkyl carbamates (subject to hydrolysis) is 1. The number of β-amino-alcohol motifs (C(OH)–C–C–N with tert-alkyl or cyclic N) is 1. The summed E-state index contributed by atoms with van der Waals surface area (Å²) in [5.74, 6) is 0. The van der Waals surface area contributed by atoms with Crippen LogP contribution in [-0.4, -0.2) is 41.5 Å². The van der Waals surface area contributed by atoms with Crippen molar-refractivity contribution in [1.82, 2.24) is 10.6 Å². The fourth-order valence-electron chi connectivity index (χ4n) is 1.31. The normalized spacial score (nSPS) is 21.4. The van der Waals surface area contributed by atoms with Gasteiger partial charge in [-0.25, -0.2) is 4.79 Å². The van der Waals surface area contributed by atoms with Crippen LogP contribution in [0, 0.1) is 0 Å². The molecule has 1 aliphatic heterocycles. The highest BCUT2D eigenvalue weighted by atomic mass is 16.6. The van der Waals surface area contributed by atoms with Gasteiger partial charge in [0.1, 0.15) is 11.2 Å². The van der Waals surface area contributed by atoms with Crippen LogP contribution in [0.2, 0.25) is 0 Å². The number of carbonyl (C=O) groups excluding carboxylic acids is 1. The summed E-state index contributed by atoms with van der Waals surface area (Å²) in [7, 11) is 0. The Morgan fingerprint density at radius 3 is 2.40 bits per heavy atom. The maximum atomic E-state index is 11.4. The van der Waals surface area contributed by atoms with Gasteiger partial charge in [0.15, 0.2) is 0 Å². The molecule has 0 radical (unpaired) electrons. The van der Waals surface area contributed by atoms with Crippen LogP contribution in [0.25, 0.3) is 0 Å². The third-order valence-corrected chi connectivity index (χ3v) is 2.40. The number of rotatable bonds is 2. The van der Waals surface area contributed by atoms with Crippen LogP contribution in [0.5, 0.6) is 0 Å². The molecule has 15 heavy (non-hydrogen) atoms. The van der Waals surface area contributed by atoms with Crippen LogP contribution < -0.4 is 10.6 Å². The molecule has 1 atom stereocenters. The van der Waals surface area contributed by atoms with Gasteiger partial charge in [0.25, 0.3) is 0 Å². The summed E-state index contributed by atoms with van der Waals surface area (Å²) in [5.41, 5.74) is -1.35. The molecule has 1 aliphatic rings. The summed E-state index contributed by atoms with van der Waals surface area (Å²) in [6.45, 7) is 8.18. The molecule has 0 spiro atoms. The second kappa shape index (κ2) is 3.98. The molecule has 1 rings (SSSR count). The lowest BCUT2D eigenvalue weighted by atomic mass is 9.89. The molecule has 5 heteroatoms. The quantitative estimate of drug-likeness (QED) is 0.618. The molecular formula is C10H20N2O3. The van der Waals surface area contributed by atoms with Crippen LogP contribution in [0.1, 0.15) is 27.7 Å². The van der Waals surface area contributed by atoms with Gasteiger partial charge < -0.3 is 20.5 Å². The number of ether oxygens (including phenoxy) is 1. The van der Waals surface area contributed by atoms with E-state index in [9.17, 15) is 9.90 Å². The van der Waals surface area contributed by atoms with Crippen LogP contribution in [0.15, 0.2) is 0 Å². The van der Waals surface area contributed by atoms with E-state index in [2.05, 4.69) is 10.6 Å². The molecule has 1 saturated heterocycles. The second-order valence-corrected chi connectivity index (χ2v) is 5.08. The molecule has 0 aromatic heterocycles. The summed E-state index contributed by atoms with van der Waals surface area (Å²) in [4.78, 5) is 11.4. The van der Waals surface area contributed by atoms with Crippen molar-refractivity contribution < 1.29 is 14.6 Å². The lowest BCUT2D eigenvalue weighted by molar-refractivity contribution is -0.0407. The van der Waals surface area contributed by atoms with Crippen LogP contribution in [0.3, 0.4) is 0 Å². The van der Waals surface area contributed by atoms with Gasteiger partial charge in [-0.3, -0.25) is 0 Å². The Labute approximate surface area is 90.2 Å². The van der Waals surface area contributed by atoms with E-state index < -0.39 is 17.3 Å². The van der Waals surface area contributed by atoms with E-state index in [1.807, 2.05) is 0 Å². The number of carbonyl (C=O) groups is 1. The van der Waals surface area contributed by atoms with E-state index in [1.165, 1.54) is 0 Å². The van der Waals surface area contributed by atoms with Gasteiger partial charge in [-0.1, -0.05) is 0 Å². The second-order valence-electron chi connectivity index (χ2n) is 5.08. The van der Waals surface area contributed by atoms with E-state index in [0.29, 0.717) is 13.1 Å². The van der Waals surface area contributed by atoms with Crippen LogP contribution >= 0.6 is 0 Å². The minimum atomic E-state index is -0.836. The molecular weight excluding hydrogens is 196 g/mol. The zero-order chi connectivity index (χ0) is 11.7. The van der Waals surface area contributed by atoms with Crippen molar-refractivity contribution in [2.24, 2.45) is 0 Å². The van der Waals surface area contributed by atoms with Crippen molar-refractivity contribution in [2.45, 2.75) is 44.9 Å². The topological polar surface area (TPSA) is 70.6 Å². The number of nitrogens with one attached hydrogen (secondary N) is 2. The lowest BCUT2D eigenvalue weighted by Gasteiger charge is -2.42. The van der Waals surface area contributed by atoms with E-state index in [4.69, 9.17) is 4.74 Å². The SMILES string of the molecule is C[C@@H](NC(=O)OC(C)(C)C)C1(O)CNC1. The highest BCUT2D eigenvalue weighted by Crippen LogP contribution is 2.16. The number of aliphatic hydroxyl groups is 1. The molecule has 1 amide bonds. The van der Waals surface area contributed by atoms with Gasteiger partial charge in [-0.2, -0.15) is 0 Å². The smallest absolute Gasteiger partial charge is 0.407 e. The Morgan fingerprint density at radius 1 is 1.53 bits per heavy atom. The predicted molar refractivity (Wildman–Crippen MR) is 56.7 cm³/mol. The summed E-state index contributed by atoms with van der Waals surface area (Å²) in [6.07, 6.45) is -0.490. The molecule has 1 heterocycles. The summed E-state index contributed by atoms with van der Waals surface area (Å²) in [6, 6.07) is -0.311. The third-order valence-electron chi connectivity index (χ3n) is 2.40. The monoisotopic (exact) mass is 216 g/mol. The molecule has 88 valence electrons. The average Bonchev–Trinajstić information content (AvgIpc) is 1.95. The van der Waals surface area contributed by atoms with Crippen LogP contribution in [-0.2, 0) is 4.74 Å². The Morgan fingerprint density at radius 2 is 2.07 bits per heavy atom. The molecule has 0 unspecified atom stereocenters. The van der Waals surface area contributed by atoms with Crippen molar-refractivity contribution in [3.8, 4) is 0 Å². The summed E-state index contributed by atoms with van der Waals surface area (Å²) >= 11 is 0. The first-order valence-electron chi connectivity index (χ1n) is 5.15. The standard InChI is InChI=1S/C10H20N2O3/c1-7(10(14)5-11-6-10)12-8(13)15-9(2,3)4/h7,11,14H,5-6H2,1-4H3,(H,12,13)/t7-/m1/s1. The molecule has 0 aromatic carbocycles.